The minimum absolute atomic E-state index is 0.00725. The van der Waals surface area contributed by atoms with E-state index in [2.05, 4.69) is 0 Å². The van der Waals surface area contributed by atoms with E-state index in [4.69, 9.17) is 23.7 Å². The van der Waals surface area contributed by atoms with Crippen molar-refractivity contribution in [3.8, 4) is 23.0 Å². The number of hydrogen-bond donors (Lipinski definition) is 0. The molecule has 0 aromatic heterocycles. The summed E-state index contributed by atoms with van der Waals surface area (Å²) in [4.78, 5) is 14.9. The summed E-state index contributed by atoms with van der Waals surface area (Å²) in [6, 6.07) is 11.5. The molecule has 0 bridgehead atoms. The lowest BCUT2D eigenvalue weighted by atomic mass is 10.1. The molecule has 3 aliphatic rings. The molecule has 0 N–H and O–H groups in total. The number of hydrogen-bond acceptors (Lipinski definition) is 6. The van der Waals surface area contributed by atoms with Crippen LogP contribution in [-0.4, -0.2) is 37.1 Å². The molecule has 2 aromatic rings. The van der Waals surface area contributed by atoms with E-state index < -0.39 is 0 Å². The van der Waals surface area contributed by atoms with Crippen molar-refractivity contribution in [2.45, 2.75) is 32.0 Å². The van der Waals surface area contributed by atoms with Crippen LogP contribution >= 0.6 is 0 Å². The average Bonchev–Trinajstić information content (AvgIpc) is 3.47. The zero-order chi connectivity index (χ0) is 18.9. The molecule has 0 radical (unpaired) electrons. The van der Waals surface area contributed by atoms with Gasteiger partial charge in [0.05, 0.1) is 0 Å². The molecule has 1 atom stereocenters. The van der Waals surface area contributed by atoms with E-state index in [0.717, 1.165) is 35.5 Å². The van der Waals surface area contributed by atoms with Crippen LogP contribution in [0.3, 0.4) is 0 Å². The van der Waals surface area contributed by atoms with Gasteiger partial charge in [-0.15, -0.1) is 0 Å². The van der Waals surface area contributed by atoms with Gasteiger partial charge >= 0.3 is 0 Å². The first kappa shape index (κ1) is 17.2. The molecule has 7 nitrogen and oxygen atoms in total. The van der Waals surface area contributed by atoms with Crippen molar-refractivity contribution in [3.63, 3.8) is 0 Å². The standard InChI is InChI=1S/C21H21NO6/c23-21(18-2-1-7-24-18)22(10-14-3-5-16-19(8-14)27-12-25-16)11-15-4-6-17-20(9-15)28-13-26-17/h3-6,8-9,18H,1-2,7,10-13H2. The maximum atomic E-state index is 13.1. The summed E-state index contributed by atoms with van der Waals surface area (Å²) in [5.41, 5.74) is 1.97. The van der Waals surface area contributed by atoms with Gasteiger partial charge in [0.15, 0.2) is 23.0 Å². The number of nitrogens with zero attached hydrogens (tertiary/aromatic N) is 1. The van der Waals surface area contributed by atoms with Gasteiger partial charge < -0.3 is 28.6 Å². The molecule has 1 fully saturated rings. The van der Waals surface area contributed by atoms with Gasteiger partial charge in [-0.05, 0) is 48.2 Å². The van der Waals surface area contributed by atoms with Crippen LogP contribution < -0.4 is 18.9 Å². The van der Waals surface area contributed by atoms with Gasteiger partial charge in [-0.1, -0.05) is 12.1 Å². The summed E-state index contributed by atoms with van der Waals surface area (Å²) < 4.78 is 27.3. The largest absolute Gasteiger partial charge is 0.454 e. The maximum Gasteiger partial charge on any atom is 0.252 e. The Morgan fingerprint density at radius 1 is 0.857 bits per heavy atom. The summed E-state index contributed by atoms with van der Waals surface area (Å²) in [6.07, 6.45) is 1.30. The lowest BCUT2D eigenvalue weighted by molar-refractivity contribution is -0.142. The Bertz CT molecular complexity index is 833. The smallest absolute Gasteiger partial charge is 0.252 e. The van der Waals surface area contributed by atoms with E-state index in [9.17, 15) is 4.79 Å². The summed E-state index contributed by atoms with van der Waals surface area (Å²) in [5.74, 6) is 2.90. The molecule has 3 heterocycles. The molecular weight excluding hydrogens is 362 g/mol. The highest BCUT2D eigenvalue weighted by Crippen LogP contribution is 2.34. The van der Waals surface area contributed by atoms with E-state index >= 15 is 0 Å². The third-order valence-corrected chi connectivity index (χ3v) is 5.14. The highest BCUT2D eigenvalue weighted by Gasteiger charge is 2.29. The van der Waals surface area contributed by atoms with Crippen LogP contribution in [0.15, 0.2) is 36.4 Å². The second-order valence-electron chi connectivity index (χ2n) is 7.07. The number of carbonyl (C=O) groups excluding carboxylic acids is 1. The number of fused-ring (bicyclic) bond motifs is 2. The minimum Gasteiger partial charge on any atom is -0.454 e. The predicted molar refractivity (Wildman–Crippen MR) is 98.4 cm³/mol. The summed E-state index contributed by atoms with van der Waals surface area (Å²) in [7, 11) is 0. The molecule has 3 aliphatic heterocycles. The SMILES string of the molecule is O=C(C1CCCO1)N(Cc1ccc2c(c1)OCO2)Cc1ccc2c(c1)OCO2. The van der Waals surface area contributed by atoms with Gasteiger partial charge in [0, 0.05) is 19.7 Å². The predicted octanol–water partition coefficient (Wildman–Crippen LogP) is 2.85. The number of carbonyl (C=O) groups is 1. The van der Waals surface area contributed by atoms with Crippen LogP contribution in [0.2, 0.25) is 0 Å². The fraction of sp³-hybridized carbons (Fsp3) is 0.381. The summed E-state index contributed by atoms with van der Waals surface area (Å²) >= 11 is 0. The van der Waals surface area contributed by atoms with Gasteiger partial charge in [-0.25, -0.2) is 0 Å². The molecule has 1 saturated heterocycles. The van der Waals surface area contributed by atoms with Crippen LogP contribution in [0.25, 0.3) is 0 Å². The van der Waals surface area contributed by atoms with Gasteiger partial charge in [-0.2, -0.15) is 0 Å². The van der Waals surface area contributed by atoms with Crippen molar-refractivity contribution in [2.24, 2.45) is 0 Å². The summed E-state index contributed by atoms with van der Waals surface area (Å²) in [6.45, 7) is 2.02. The number of amides is 1. The second kappa shape index (κ2) is 7.24. The third-order valence-electron chi connectivity index (χ3n) is 5.14. The lowest BCUT2D eigenvalue weighted by Gasteiger charge is -2.26. The molecule has 1 unspecified atom stereocenters. The van der Waals surface area contributed by atoms with Crippen molar-refractivity contribution in [3.05, 3.63) is 47.5 Å². The van der Waals surface area contributed by atoms with E-state index in [0.29, 0.717) is 31.2 Å². The first-order chi connectivity index (χ1) is 13.8. The third kappa shape index (κ3) is 3.33. The number of ether oxygens (including phenoxy) is 5. The van der Waals surface area contributed by atoms with Gasteiger partial charge in [-0.3, -0.25) is 4.79 Å². The van der Waals surface area contributed by atoms with Crippen LogP contribution in [0.4, 0.5) is 0 Å². The molecule has 1 amide bonds. The molecule has 0 saturated carbocycles. The first-order valence-electron chi connectivity index (χ1n) is 9.44. The van der Waals surface area contributed by atoms with E-state index in [1.165, 1.54) is 0 Å². The zero-order valence-corrected chi connectivity index (χ0v) is 15.4. The fourth-order valence-corrected chi connectivity index (χ4v) is 3.71. The Morgan fingerprint density at radius 2 is 1.43 bits per heavy atom. The van der Waals surface area contributed by atoms with E-state index in [1.807, 2.05) is 41.3 Å². The molecule has 0 spiro atoms. The number of rotatable bonds is 5. The second-order valence-corrected chi connectivity index (χ2v) is 7.07. The Hall–Kier alpha value is -2.93. The topological polar surface area (TPSA) is 66.5 Å². The normalized spacial score (nSPS) is 19.1. The highest BCUT2D eigenvalue weighted by molar-refractivity contribution is 5.81. The Labute approximate surface area is 162 Å². The molecule has 7 heteroatoms. The molecule has 2 aromatic carbocycles. The average molecular weight is 383 g/mol. The van der Waals surface area contributed by atoms with Crippen molar-refractivity contribution in [1.29, 1.82) is 0 Å². The van der Waals surface area contributed by atoms with E-state index in [-0.39, 0.29) is 25.6 Å². The van der Waals surface area contributed by atoms with Gasteiger partial charge in [0.1, 0.15) is 6.10 Å². The first-order valence-corrected chi connectivity index (χ1v) is 9.44. The molecule has 28 heavy (non-hydrogen) atoms. The van der Waals surface area contributed by atoms with Crippen LogP contribution in [0.5, 0.6) is 23.0 Å². The van der Waals surface area contributed by atoms with Crippen molar-refractivity contribution >= 4 is 5.91 Å². The molecule has 5 rings (SSSR count). The van der Waals surface area contributed by atoms with Crippen LogP contribution in [0, 0.1) is 0 Å². The van der Waals surface area contributed by atoms with Gasteiger partial charge in [0.2, 0.25) is 13.6 Å². The Kier molecular flexibility index (Phi) is 4.44. The lowest BCUT2D eigenvalue weighted by Crippen LogP contribution is -2.38. The van der Waals surface area contributed by atoms with E-state index in [1.54, 1.807) is 0 Å². The van der Waals surface area contributed by atoms with Crippen molar-refractivity contribution in [2.75, 3.05) is 20.2 Å². The Morgan fingerprint density at radius 3 is 1.96 bits per heavy atom. The molecule has 146 valence electrons. The Balaban J connectivity index is 1.38. The van der Waals surface area contributed by atoms with Crippen LogP contribution in [0.1, 0.15) is 24.0 Å². The van der Waals surface area contributed by atoms with Crippen LogP contribution in [-0.2, 0) is 22.6 Å². The highest BCUT2D eigenvalue weighted by atomic mass is 16.7. The van der Waals surface area contributed by atoms with Gasteiger partial charge in [0.25, 0.3) is 5.91 Å². The monoisotopic (exact) mass is 383 g/mol. The van der Waals surface area contributed by atoms with Crippen molar-refractivity contribution in [1.82, 2.24) is 4.90 Å². The quantitative estimate of drug-likeness (QED) is 0.791. The minimum atomic E-state index is -0.372. The fourth-order valence-electron chi connectivity index (χ4n) is 3.71. The molecular formula is C21H21NO6. The maximum absolute atomic E-state index is 13.1. The summed E-state index contributed by atoms with van der Waals surface area (Å²) in [5, 5.41) is 0. The zero-order valence-electron chi connectivity index (χ0n) is 15.4. The van der Waals surface area contributed by atoms with Crippen molar-refractivity contribution < 1.29 is 28.5 Å². The number of benzene rings is 2. The molecule has 0 aliphatic carbocycles.